The zero-order valence-corrected chi connectivity index (χ0v) is 11.6. The maximum Gasteiger partial charge on any atom is 0.320 e. The van der Waals surface area contributed by atoms with Crippen molar-refractivity contribution in [3.8, 4) is 0 Å². The van der Waals surface area contributed by atoms with Crippen LogP contribution in [0.4, 0.5) is 0 Å². The van der Waals surface area contributed by atoms with E-state index in [9.17, 15) is 4.79 Å². The van der Waals surface area contributed by atoms with Gasteiger partial charge in [-0.2, -0.15) is 0 Å². The molecule has 17 heavy (non-hydrogen) atoms. The number of hydrogen-bond acceptors (Lipinski definition) is 3. The minimum absolute atomic E-state index is 0. The van der Waals surface area contributed by atoms with Crippen LogP contribution in [-0.2, 0) is 4.79 Å². The summed E-state index contributed by atoms with van der Waals surface area (Å²) in [5, 5.41) is 8.82. The molecule has 0 aliphatic rings. The van der Waals surface area contributed by atoms with Gasteiger partial charge in [0.25, 0.3) is 0 Å². The molecule has 0 amide bonds. The van der Waals surface area contributed by atoms with Crippen LogP contribution in [-0.4, -0.2) is 41.4 Å². The summed E-state index contributed by atoms with van der Waals surface area (Å²) in [5.74, 6) is 0.130. The number of aliphatic carboxylic acids is 1. The van der Waals surface area contributed by atoms with E-state index in [1.807, 2.05) is 30.1 Å². The maximum absolute atomic E-state index is 10.7. The SMILES string of the molecule is CC(C(=O)O)N(C)CCSc1ccccc1.Cl. The van der Waals surface area contributed by atoms with Crippen molar-refractivity contribution in [2.24, 2.45) is 0 Å². The molecule has 1 rings (SSSR count). The summed E-state index contributed by atoms with van der Waals surface area (Å²) in [7, 11) is 1.84. The molecule has 1 N–H and O–H groups in total. The fourth-order valence-corrected chi connectivity index (χ4v) is 2.17. The first-order chi connectivity index (χ1) is 7.61. The number of hydrogen-bond donors (Lipinski definition) is 1. The number of carbonyl (C=O) groups is 1. The maximum atomic E-state index is 10.7. The fraction of sp³-hybridized carbons (Fsp3) is 0.417. The molecular weight excluding hydrogens is 258 g/mol. The average Bonchev–Trinajstić information content (AvgIpc) is 2.29. The molecule has 0 bridgehead atoms. The molecule has 0 aliphatic carbocycles. The molecule has 3 nitrogen and oxygen atoms in total. The molecule has 1 aromatic rings. The van der Waals surface area contributed by atoms with Gasteiger partial charge in [-0.3, -0.25) is 9.69 Å². The number of rotatable bonds is 6. The highest BCUT2D eigenvalue weighted by molar-refractivity contribution is 7.99. The van der Waals surface area contributed by atoms with E-state index >= 15 is 0 Å². The molecule has 0 spiro atoms. The van der Waals surface area contributed by atoms with Crippen LogP contribution >= 0.6 is 24.2 Å². The second-order valence-corrected chi connectivity index (χ2v) is 4.82. The number of likely N-dealkylation sites (N-methyl/N-ethyl adjacent to an activating group) is 1. The van der Waals surface area contributed by atoms with Crippen molar-refractivity contribution in [2.45, 2.75) is 17.9 Å². The van der Waals surface area contributed by atoms with Gasteiger partial charge in [0.2, 0.25) is 0 Å². The molecule has 5 heteroatoms. The number of carboxylic acids is 1. The van der Waals surface area contributed by atoms with Crippen molar-refractivity contribution in [3.05, 3.63) is 30.3 Å². The quantitative estimate of drug-likeness (QED) is 0.811. The van der Waals surface area contributed by atoms with E-state index in [1.165, 1.54) is 4.90 Å². The van der Waals surface area contributed by atoms with Crippen molar-refractivity contribution in [1.82, 2.24) is 4.90 Å². The first kappa shape index (κ1) is 16.3. The number of nitrogens with zero attached hydrogens (tertiary/aromatic N) is 1. The lowest BCUT2D eigenvalue weighted by molar-refractivity contribution is -0.141. The second-order valence-electron chi connectivity index (χ2n) is 3.66. The van der Waals surface area contributed by atoms with Crippen LogP contribution in [0.3, 0.4) is 0 Å². The predicted molar refractivity (Wildman–Crippen MR) is 74.1 cm³/mol. The lowest BCUT2D eigenvalue weighted by Crippen LogP contribution is -2.37. The summed E-state index contributed by atoms with van der Waals surface area (Å²) < 4.78 is 0. The Morgan fingerprint density at radius 1 is 1.41 bits per heavy atom. The van der Waals surface area contributed by atoms with Crippen LogP contribution in [0.25, 0.3) is 0 Å². The third-order valence-electron chi connectivity index (χ3n) is 2.47. The van der Waals surface area contributed by atoms with E-state index in [0.717, 1.165) is 12.3 Å². The molecule has 0 radical (unpaired) electrons. The number of carboxylic acid groups (broad SMARTS) is 1. The van der Waals surface area contributed by atoms with Gasteiger partial charge in [0.1, 0.15) is 6.04 Å². The Balaban J connectivity index is 0.00000256. The Hall–Kier alpha value is -0.710. The van der Waals surface area contributed by atoms with Gasteiger partial charge in [-0.25, -0.2) is 0 Å². The van der Waals surface area contributed by atoms with E-state index < -0.39 is 12.0 Å². The molecule has 0 fully saturated rings. The van der Waals surface area contributed by atoms with E-state index in [-0.39, 0.29) is 12.4 Å². The van der Waals surface area contributed by atoms with Crippen LogP contribution in [0.15, 0.2) is 35.2 Å². The normalized spacial score (nSPS) is 11.9. The summed E-state index contributed by atoms with van der Waals surface area (Å²) in [6.07, 6.45) is 0. The zero-order valence-electron chi connectivity index (χ0n) is 10.00. The van der Waals surface area contributed by atoms with Crippen LogP contribution in [0.1, 0.15) is 6.92 Å². The Bertz CT molecular complexity index is 335. The fourth-order valence-electron chi connectivity index (χ4n) is 1.21. The van der Waals surface area contributed by atoms with Gasteiger partial charge >= 0.3 is 5.97 Å². The first-order valence-electron chi connectivity index (χ1n) is 5.22. The van der Waals surface area contributed by atoms with Gasteiger partial charge in [0, 0.05) is 17.2 Å². The summed E-state index contributed by atoms with van der Waals surface area (Å²) in [6.45, 7) is 2.47. The molecule has 96 valence electrons. The van der Waals surface area contributed by atoms with Crippen molar-refractivity contribution >= 4 is 30.1 Å². The first-order valence-corrected chi connectivity index (χ1v) is 6.20. The third kappa shape index (κ3) is 5.96. The number of thioether (sulfide) groups is 1. The predicted octanol–water partition coefficient (Wildman–Crippen LogP) is 2.61. The van der Waals surface area contributed by atoms with E-state index in [2.05, 4.69) is 12.1 Å². The Labute approximate surface area is 113 Å². The van der Waals surface area contributed by atoms with Gasteiger partial charge in [-0.05, 0) is 26.1 Å². The summed E-state index contributed by atoms with van der Waals surface area (Å²) >= 11 is 1.74. The molecule has 0 aromatic heterocycles. The van der Waals surface area contributed by atoms with Crippen LogP contribution in [0.5, 0.6) is 0 Å². The lowest BCUT2D eigenvalue weighted by Gasteiger charge is -2.20. The second kappa shape index (κ2) is 8.39. The number of benzene rings is 1. The minimum Gasteiger partial charge on any atom is -0.480 e. The summed E-state index contributed by atoms with van der Waals surface area (Å²) in [5.41, 5.74) is 0. The van der Waals surface area contributed by atoms with Gasteiger partial charge in [0.15, 0.2) is 0 Å². The van der Waals surface area contributed by atoms with Crippen molar-refractivity contribution < 1.29 is 9.90 Å². The number of halogens is 1. The highest BCUT2D eigenvalue weighted by Gasteiger charge is 2.15. The van der Waals surface area contributed by atoms with Crippen LogP contribution in [0.2, 0.25) is 0 Å². The van der Waals surface area contributed by atoms with Crippen molar-refractivity contribution in [2.75, 3.05) is 19.3 Å². The largest absolute Gasteiger partial charge is 0.480 e. The lowest BCUT2D eigenvalue weighted by atomic mass is 10.3. The summed E-state index contributed by atoms with van der Waals surface area (Å²) in [6, 6.07) is 9.70. The van der Waals surface area contributed by atoms with E-state index in [1.54, 1.807) is 18.7 Å². The Kier molecular flexibility index (Phi) is 8.04. The van der Waals surface area contributed by atoms with Crippen molar-refractivity contribution in [3.63, 3.8) is 0 Å². The van der Waals surface area contributed by atoms with Crippen LogP contribution < -0.4 is 0 Å². The minimum atomic E-state index is -0.771. The Morgan fingerprint density at radius 2 is 2.00 bits per heavy atom. The smallest absolute Gasteiger partial charge is 0.320 e. The van der Waals surface area contributed by atoms with Gasteiger partial charge < -0.3 is 5.11 Å². The molecule has 0 saturated heterocycles. The van der Waals surface area contributed by atoms with E-state index in [0.29, 0.717) is 0 Å². The third-order valence-corrected chi connectivity index (χ3v) is 3.47. The Morgan fingerprint density at radius 3 is 2.53 bits per heavy atom. The van der Waals surface area contributed by atoms with Gasteiger partial charge in [0.05, 0.1) is 0 Å². The monoisotopic (exact) mass is 275 g/mol. The molecule has 1 atom stereocenters. The standard InChI is InChI=1S/C12H17NO2S.ClH/c1-10(12(14)15)13(2)8-9-16-11-6-4-3-5-7-11;/h3-7,10H,8-9H2,1-2H3,(H,14,15);1H. The average molecular weight is 276 g/mol. The topological polar surface area (TPSA) is 40.5 Å². The molecular formula is C12H18ClNO2S. The van der Waals surface area contributed by atoms with Gasteiger partial charge in [-0.1, -0.05) is 18.2 Å². The van der Waals surface area contributed by atoms with Crippen molar-refractivity contribution in [1.29, 1.82) is 0 Å². The molecule has 0 saturated carbocycles. The highest BCUT2D eigenvalue weighted by Crippen LogP contribution is 2.16. The molecule has 0 aliphatic heterocycles. The zero-order chi connectivity index (χ0) is 12.0. The van der Waals surface area contributed by atoms with Gasteiger partial charge in [-0.15, -0.1) is 24.2 Å². The van der Waals surface area contributed by atoms with E-state index in [4.69, 9.17) is 5.11 Å². The highest BCUT2D eigenvalue weighted by atomic mass is 35.5. The molecule has 0 heterocycles. The molecule has 1 unspecified atom stereocenters. The summed E-state index contributed by atoms with van der Waals surface area (Å²) in [4.78, 5) is 13.8. The van der Waals surface area contributed by atoms with Crippen LogP contribution in [0, 0.1) is 0 Å². The molecule has 1 aromatic carbocycles.